The number of hydrogen-bond acceptors (Lipinski definition) is 2. The predicted molar refractivity (Wildman–Crippen MR) is 70.9 cm³/mol. The molecule has 1 atom stereocenters. The van der Waals surface area contributed by atoms with Gasteiger partial charge >= 0.3 is 0 Å². The van der Waals surface area contributed by atoms with Crippen LogP contribution in [0.25, 0.3) is 0 Å². The van der Waals surface area contributed by atoms with Gasteiger partial charge in [0.15, 0.2) is 5.78 Å². The summed E-state index contributed by atoms with van der Waals surface area (Å²) in [7, 11) is 0. The fraction of sp³-hybridized carbons (Fsp3) is 0.286. The lowest BCUT2D eigenvalue weighted by Crippen LogP contribution is -2.11. The maximum Gasteiger partial charge on any atom is 0.180 e. The first-order valence-corrected chi connectivity index (χ1v) is 5.19. The van der Waals surface area contributed by atoms with E-state index in [1.165, 1.54) is 6.08 Å². The van der Waals surface area contributed by atoms with Gasteiger partial charge in [0.05, 0.1) is 6.04 Å². The van der Waals surface area contributed by atoms with Crippen molar-refractivity contribution in [3.8, 4) is 0 Å². The minimum atomic E-state index is -0.147. The Morgan fingerprint density at radius 3 is 2.44 bits per heavy atom. The van der Waals surface area contributed by atoms with Crippen LogP contribution in [0.15, 0.2) is 53.6 Å². The van der Waals surface area contributed by atoms with Crippen molar-refractivity contribution >= 4 is 12.5 Å². The Hall–Kier alpha value is -1.70. The summed E-state index contributed by atoms with van der Waals surface area (Å²) < 4.78 is 0. The van der Waals surface area contributed by atoms with Gasteiger partial charge in [0, 0.05) is 6.42 Å². The smallest absolute Gasteiger partial charge is 0.180 e. The molecule has 0 fully saturated rings. The highest BCUT2D eigenvalue weighted by atomic mass is 16.1. The maximum absolute atomic E-state index is 11.5. The normalized spacial score (nSPS) is 13.5. The Balaban J connectivity index is 4.77. The molecule has 0 saturated carbocycles. The molecule has 0 saturated heterocycles. The number of hydrogen-bond donors (Lipinski definition) is 0. The molecular formula is C14H19NO. The quantitative estimate of drug-likeness (QED) is 0.365. The fourth-order valence-corrected chi connectivity index (χ4v) is 1.34. The first-order chi connectivity index (χ1) is 7.60. The summed E-state index contributed by atoms with van der Waals surface area (Å²) in [5.41, 5.74) is 1.55. The molecule has 0 aromatic heterocycles. The van der Waals surface area contributed by atoms with Crippen LogP contribution in [-0.4, -0.2) is 18.5 Å². The second-order valence-electron chi connectivity index (χ2n) is 3.36. The van der Waals surface area contributed by atoms with Crippen LogP contribution in [0.1, 0.15) is 20.3 Å². The van der Waals surface area contributed by atoms with Crippen molar-refractivity contribution in [1.82, 2.24) is 0 Å². The Morgan fingerprint density at radius 2 is 2.06 bits per heavy atom. The molecule has 0 amide bonds. The lowest BCUT2D eigenvalue weighted by atomic mass is 9.97. The minimum Gasteiger partial charge on any atom is -0.293 e. The van der Waals surface area contributed by atoms with E-state index < -0.39 is 0 Å². The Bertz CT molecular complexity index is 348. The minimum absolute atomic E-state index is 0.0653. The zero-order valence-electron chi connectivity index (χ0n) is 10.1. The van der Waals surface area contributed by atoms with Crippen LogP contribution in [0.5, 0.6) is 0 Å². The zero-order valence-corrected chi connectivity index (χ0v) is 10.1. The lowest BCUT2D eigenvalue weighted by Gasteiger charge is -2.13. The van der Waals surface area contributed by atoms with Crippen molar-refractivity contribution in [2.24, 2.45) is 4.99 Å². The molecule has 0 rings (SSSR count). The predicted octanol–water partition coefficient (Wildman–Crippen LogP) is 3.28. The number of rotatable bonds is 7. The Morgan fingerprint density at radius 1 is 1.44 bits per heavy atom. The molecule has 0 radical (unpaired) electrons. The molecule has 0 aliphatic rings. The van der Waals surface area contributed by atoms with Crippen LogP contribution < -0.4 is 0 Å². The van der Waals surface area contributed by atoms with Crippen molar-refractivity contribution in [2.75, 3.05) is 0 Å². The molecule has 0 heterocycles. The van der Waals surface area contributed by atoms with Crippen molar-refractivity contribution in [3.05, 3.63) is 48.6 Å². The number of carbonyl (C=O) groups is 1. The number of nitrogens with zero attached hydrogens (tertiary/aromatic N) is 1. The van der Waals surface area contributed by atoms with Gasteiger partial charge < -0.3 is 0 Å². The maximum atomic E-state index is 11.5. The molecule has 0 aromatic rings. The molecule has 0 aliphatic carbocycles. The summed E-state index contributed by atoms with van der Waals surface area (Å²) in [4.78, 5) is 15.5. The number of ketones is 1. The van der Waals surface area contributed by atoms with E-state index in [1.807, 2.05) is 26.0 Å². The summed E-state index contributed by atoms with van der Waals surface area (Å²) in [5, 5.41) is 0. The number of allylic oxidation sites excluding steroid dienone is 3. The monoisotopic (exact) mass is 217 g/mol. The third-order valence-electron chi connectivity index (χ3n) is 2.29. The summed E-state index contributed by atoms with van der Waals surface area (Å²) in [6, 6.07) is -0.147. The summed E-state index contributed by atoms with van der Waals surface area (Å²) in [6.07, 6.45) is 7.39. The number of carbonyl (C=O) groups excluding carboxylic acids is 1. The van der Waals surface area contributed by atoms with E-state index >= 15 is 0 Å². The van der Waals surface area contributed by atoms with E-state index in [9.17, 15) is 4.79 Å². The molecule has 0 bridgehead atoms. The molecule has 16 heavy (non-hydrogen) atoms. The highest BCUT2D eigenvalue weighted by Gasteiger charge is 2.13. The third-order valence-corrected chi connectivity index (χ3v) is 2.29. The van der Waals surface area contributed by atoms with Gasteiger partial charge in [0.25, 0.3) is 0 Å². The SMILES string of the molecule is C=CC(=O)/C(=C/C)CC(N=C)C(=C)/C=C\C. The summed E-state index contributed by atoms with van der Waals surface area (Å²) in [5.74, 6) is -0.0653. The molecule has 2 nitrogen and oxygen atoms in total. The average Bonchev–Trinajstić information content (AvgIpc) is 2.30. The van der Waals surface area contributed by atoms with E-state index in [1.54, 1.807) is 6.08 Å². The summed E-state index contributed by atoms with van der Waals surface area (Å²) in [6.45, 7) is 14.6. The standard InChI is InChI=1S/C14H19NO/c1-6-9-11(4)13(15-5)10-12(7-2)14(16)8-3/h6-9,13H,3-5,10H2,1-2H3/b9-6-,12-7+. The van der Waals surface area contributed by atoms with E-state index in [0.717, 1.165) is 5.57 Å². The van der Waals surface area contributed by atoms with Gasteiger partial charge in [-0.2, -0.15) is 0 Å². The molecular weight excluding hydrogens is 198 g/mol. The van der Waals surface area contributed by atoms with Crippen LogP contribution in [0, 0.1) is 0 Å². The number of aliphatic imine (C=N–C) groups is 1. The molecule has 0 N–H and O–H groups in total. The Labute approximate surface area is 97.8 Å². The zero-order chi connectivity index (χ0) is 12.6. The molecule has 1 unspecified atom stereocenters. The van der Waals surface area contributed by atoms with Crippen LogP contribution in [-0.2, 0) is 4.79 Å². The van der Waals surface area contributed by atoms with Crippen LogP contribution >= 0.6 is 0 Å². The van der Waals surface area contributed by atoms with E-state index in [2.05, 4.69) is 24.9 Å². The molecule has 2 heteroatoms. The first-order valence-electron chi connectivity index (χ1n) is 5.19. The van der Waals surface area contributed by atoms with Crippen molar-refractivity contribution < 1.29 is 4.79 Å². The second kappa shape index (κ2) is 7.57. The summed E-state index contributed by atoms with van der Waals surface area (Å²) >= 11 is 0. The van der Waals surface area contributed by atoms with Gasteiger partial charge in [-0.25, -0.2) is 0 Å². The average molecular weight is 217 g/mol. The van der Waals surface area contributed by atoms with Crippen LogP contribution in [0.2, 0.25) is 0 Å². The highest BCUT2D eigenvalue weighted by Crippen LogP contribution is 2.17. The van der Waals surface area contributed by atoms with Gasteiger partial charge in [-0.1, -0.05) is 31.4 Å². The third kappa shape index (κ3) is 4.22. The lowest BCUT2D eigenvalue weighted by molar-refractivity contribution is -0.111. The fourth-order valence-electron chi connectivity index (χ4n) is 1.34. The topological polar surface area (TPSA) is 29.4 Å². The molecule has 86 valence electrons. The van der Waals surface area contributed by atoms with Gasteiger partial charge in [-0.3, -0.25) is 9.79 Å². The highest BCUT2D eigenvalue weighted by molar-refractivity contribution is 6.03. The van der Waals surface area contributed by atoms with Gasteiger partial charge in [-0.05, 0) is 37.8 Å². The van der Waals surface area contributed by atoms with Crippen LogP contribution in [0.4, 0.5) is 0 Å². The van der Waals surface area contributed by atoms with E-state index in [0.29, 0.717) is 12.0 Å². The van der Waals surface area contributed by atoms with Gasteiger partial charge in [-0.15, -0.1) is 0 Å². The van der Waals surface area contributed by atoms with Crippen molar-refractivity contribution in [2.45, 2.75) is 26.3 Å². The first kappa shape index (κ1) is 14.3. The van der Waals surface area contributed by atoms with Gasteiger partial charge in [0.2, 0.25) is 0 Å². The van der Waals surface area contributed by atoms with E-state index in [-0.39, 0.29) is 11.8 Å². The second-order valence-corrected chi connectivity index (χ2v) is 3.36. The van der Waals surface area contributed by atoms with Crippen LogP contribution in [0.3, 0.4) is 0 Å². The Kier molecular flexibility index (Phi) is 6.77. The van der Waals surface area contributed by atoms with E-state index in [4.69, 9.17) is 0 Å². The molecule has 0 aromatic carbocycles. The van der Waals surface area contributed by atoms with Gasteiger partial charge in [0.1, 0.15) is 0 Å². The largest absolute Gasteiger partial charge is 0.293 e. The van der Waals surface area contributed by atoms with Crippen molar-refractivity contribution in [3.63, 3.8) is 0 Å². The van der Waals surface area contributed by atoms with Crippen molar-refractivity contribution in [1.29, 1.82) is 0 Å². The molecule has 0 aliphatic heterocycles. The molecule has 0 spiro atoms.